The van der Waals surface area contributed by atoms with E-state index >= 15 is 0 Å². The maximum absolute atomic E-state index is 13.0. The van der Waals surface area contributed by atoms with E-state index in [1.165, 1.54) is 0 Å². The van der Waals surface area contributed by atoms with Crippen molar-refractivity contribution >= 4 is 11.9 Å². The van der Waals surface area contributed by atoms with Crippen LogP contribution in [0.15, 0.2) is 30.0 Å². The molecule has 0 aliphatic carbocycles. The fourth-order valence-electron chi connectivity index (χ4n) is 3.87. The van der Waals surface area contributed by atoms with Crippen LogP contribution < -0.4 is 14.2 Å². The van der Waals surface area contributed by atoms with Crippen molar-refractivity contribution in [3.8, 4) is 23.0 Å². The molecule has 7 nitrogen and oxygen atoms in total. The first-order valence-electron chi connectivity index (χ1n) is 9.59. The Hall–Kier alpha value is -3.03. The van der Waals surface area contributed by atoms with E-state index in [-0.39, 0.29) is 24.1 Å². The Kier molecular flexibility index (Phi) is 4.41. The quantitative estimate of drug-likeness (QED) is 0.801. The lowest BCUT2D eigenvalue weighted by atomic mass is 9.99. The summed E-state index contributed by atoms with van der Waals surface area (Å²) >= 11 is 0. The summed E-state index contributed by atoms with van der Waals surface area (Å²) in [5.41, 5.74) is 2.62. The number of morpholine rings is 1. The Morgan fingerprint density at radius 1 is 1.14 bits per heavy atom. The van der Waals surface area contributed by atoms with Crippen LogP contribution in [0.4, 0.5) is 0 Å². The molecule has 3 heterocycles. The van der Waals surface area contributed by atoms with Gasteiger partial charge in [-0.2, -0.15) is 0 Å². The van der Waals surface area contributed by atoms with Crippen LogP contribution in [0.1, 0.15) is 27.0 Å². The zero-order chi connectivity index (χ0) is 20.0. The summed E-state index contributed by atoms with van der Waals surface area (Å²) in [6.45, 7) is 5.36. The Morgan fingerprint density at radius 3 is 2.76 bits per heavy atom. The number of Topliss-reactive ketones (excluding diaryl/α,β-unsaturated/α-hetero) is 1. The molecule has 150 valence electrons. The molecule has 2 aromatic carbocycles. The second-order valence-electron chi connectivity index (χ2n) is 7.34. The third kappa shape index (κ3) is 3.22. The topological polar surface area (TPSA) is 77.5 Å². The first kappa shape index (κ1) is 18.0. The molecular weight excluding hydrogens is 374 g/mol. The van der Waals surface area contributed by atoms with E-state index in [9.17, 15) is 9.90 Å². The van der Waals surface area contributed by atoms with Crippen LogP contribution >= 0.6 is 0 Å². The van der Waals surface area contributed by atoms with Gasteiger partial charge in [-0.25, -0.2) is 0 Å². The Balaban J connectivity index is 1.49. The molecule has 7 heteroatoms. The number of allylic oxidation sites excluding steroid dienone is 1. The van der Waals surface area contributed by atoms with E-state index in [1.807, 2.05) is 25.1 Å². The van der Waals surface area contributed by atoms with E-state index in [4.69, 9.17) is 18.9 Å². The van der Waals surface area contributed by atoms with Gasteiger partial charge in [-0.05, 0) is 42.3 Å². The molecule has 0 spiro atoms. The van der Waals surface area contributed by atoms with Gasteiger partial charge in [0, 0.05) is 19.6 Å². The average molecular weight is 395 g/mol. The fraction of sp³-hybridized carbons (Fsp3) is 0.318. The van der Waals surface area contributed by atoms with Crippen LogP contribution in [0, 0.1) is 6.92 Å². The van der Waals surface area contributed by atoms with Crippen LogP contribution in [-0.2, 0) is 11.3 Å². The van der Waals surface area contributed by atoms with Crippen LogP contribution in [-0.4, -0.2) is 48.9 Å². The van der Waals surface area contributed by atoms with Crippen molar-refractivity contribution in [2.45, 2.75) is 13.5 Å². The van der Waals surface area contributed by atoms with Crippen LogP contribution in [0.5, 0.6) is 23.0 Å². The number of nitrogens with zero attached hydrogens (tertiary/aromatic N) is 1. The van der Waals surface area contributed by atoms with Crippen molar-refractivity contribution in [3.63, 3.8) is 0 Å². The molecule has 0 bridgehead atoms. The number of hydrogen-bond donors (Lipinski definition) is 1. The predicted molar refractivity (Wildman–Crippen MR) is 104 cm³/mol. The van der Waals surface area contributed by atoms with E-state index < -0.39 is 0 Å². The Labute approximate surface area is 168 Å². The molecule has 2 aromatic rings. The van der Waals surface area contributed by atoms with Crippen LogP contribution in [0.25, 0.3) is 6.08 Å². The van der Waals surface area contributed by atoms with Gasteiger partial charge < -0.3 is 24.1 Å². The molecule has 0 amide bonds. The zero-order valence-corrected chi connectivity index (χ0v) is 16.1. The van der Waals surface area contributed by atoms with E-state index in [0.717, 1.165) is 18.7 Å². The molecule has 0 radical (unpaired) electrons. The summed E-state index contributed by atoms with van der Waals surface area (Å²) < 4.78 is 22.1. The number of carbonyl (C=O) groups is 1. The minimum Gasteiger partial charge on any atom is -0.507 e. The van der Waals surface area contributed by atoms with E-state index in [0.29, 0.717) is 53.7 Å². The molecule has 0 unspecified atom stereocenters. The third-order valence-corrected chi connectivity index (χ3v) is 5.40. The lowest BCUT2D eigenvalue weighted by Crippen LogP contribution is -2.35. The summed E-state index contributed by atoms with van der Waals surface area (Å²) in [7, 11) is 0. The second-order valence-corrected chi connectivity index (χ2v) is 7.34. The fourth-order valence-corrected chi connectivity index (χ4v) is 3.87. The number of rotatable bonds is 3. The van der Waals surface area contributed by atoms with Gasteiger partial charge in [0.05, 0.1) is 24.3 Å². The van der Waals surface area contributed by atoms with Gasteiger partial charge in [0.15, 0.2) is 17.3 Å². The van der Waals surface area contributed by atoms with Crippen molar-refractivity contribution in [2.75, 3.05) is 33.1 Å². The molecule has 3 aliphatic rings. The predicted octanol–water partition coefficient (Wildman–Crippen LogP) is 2.88. The molecule has 5 rings (SSSR count). The lowest BCUT2D eigenvalue weighted by molar-refractivity contribution is 0.0336. The summed E-state index contributed by atoms with van der Waals surface area (Å²) in [4.78, 5) is 15.2. The van der Waals surface area contributed by atoms with Gasteiger partial charge in [-0.3, -0.25) is 9.69 Å². The van der Waals surface area contributed by atoms with Crippen molar-refractivity contribution in [2.24, 2.45) is 0 Å². The molecular formula is C22H21NO6. The largest absolute Gasteiger partial charge is 0.507 e. The number of carbonyl (C=O) groups excluding carboxylic acids is 1. The van der Waals surface area contributed by atoms with Gasteiger partial charge in [0.2, 0.25) is 12.6 Å². The van der Waals surface area contributed by atoms with Crippen molar-refractivity contribution < 1.29 is 28.8 Å². The molecule has 1 saturated heterocycles. The molecule has 0 atom stereocenters. The minimum absolute atomic E-state index is 0.143. The van der Waals surface area contributed by atoms with Crippen molar-refractivity contribution in [3.05, 3.63) is 52.3 Å². The monoisotopic (exact) mass is 395 g/mol. The second kappa shape index (κ2) is 7.09. The maximum atomic E-state index is 13.0. The third-order valence-electron chi connectivity index (χ3n) is 5.40. The number of aryl methyl sites for hydroxylation is 1. The highest BCUT2D eigenvalue weighted by Gasteiger charge is 2.34. The van der Waals surface area contributed by atoms with Gasteiger partial charge in [-0.1, -0.05) is 6.07 Å². The highest BCUT2D eigenvalue weighted by molar-refractivity contribution is 6.15. The Bertz CT molecular complexity index is 1020. The molecule has 1 N–H and O–H groups in total. The van der Waals surface area contributed by atoms with Crippen LogP contribution in [0.3, 0.4) is 0 Å². The first-order chi connectivity index (χ1) is 14.1. The standard InChI is InChI=1S/C22H21NO6/c1-13-8-16(24)15(11-23-4-6-26-7-5-23)22-20(13)21(25)19(29-22)10-14-2-3-17-18(9-14)28-12-27-17/h2-3,8-10,24H,4-7,11-12H2,1H3/b19-10-. The normalized spacial score (nSPS) is 19.5. The number of fused-ring (bicyclic) bond motifs is 2. The average Bonchev–Trinajstić information content (AvgIpc) is 3.30. The van der Waals surface area contributed by atoms with E-state index in [2.05, 4.69) is 4.90 Å². The molecule has 0 aromatic heterocycles. The van der Waals surface area contributed by atoms with Gasteiger partial charge in [0.1, 0.15) is 11.5 Å². The lowest BCUT2D eigenvalue weighted by Gasteiger charge is -2.27. The number of ketones is 1. The number of phenolic OH excluding ortho intramolecular Hbond substituents is 1. The number of ether oxygens (including phenoxy) is 4. The SMILES string of the molecule is Cc1cc(O)c(CN2CCOCC2)c2c1C(=O)/C(=C/c1ccc3c(c1)OCO3)O2. The van der Waals surface area contributed by atoms with Gasteiger partial charge >= 0.3 is 0 Å². The first-order valence-corrected chi connectivity index (χ1v) is 9.59. The number of hydrogen-bond acceptors (Lipinski definition) is 7. The minimum atomic E-state index is -0.182. The zero-order valence-electron chi connectivity index (χ0n) is 16.1. The molecule has 3 aliphatic heterocycles. The van der Waals surface area contributed by atoms with Crippen molar-refractivity contribution in [1.29, 1.82) is 0 Å². The molecule has 0 saturated carbocycles. The Morgan fingerprint density at radius 2 is 1.93 bits per heavy atom. The van der Waals surface area contributed by atoms with E-state index in [1.54, 1.807) is 12.1 Å². The summed E-state index contributed by atoms with van der Waals surface area (Å²) in [6.07, 6.45) is 1.69. The summed E-state index contributed by atoms with van der Waals surface area (Å²) in [6, 6.07) is 7.11. The summed E-state index contributed by atoms with van der Waals surface area (Å²) in [5, 5.41) is 10.6. The highest BCUT2D eigenvalue weighted by atomic mass is 16.7. The summed E-state index contributed by atoms with van der Waals surface area (Å²) in [5.74, 6) is 1.97. The highest BCUT2D eigenvalue weighted by Crippen LogP contribution is 2.42. The number of phenols is 1. The smallest absolute Gasteiger partial charge is 0.232 e. The number of aromatic hydroxyl groups is 1. The van der Waals surface area contributed by atoms with Crippen LogP contribution in [0.2, 0.25) is 0 Å². The van der Waals surface area contributed by atoms with Gasteiger partial charge in [0.25, 0.3) is 0 Å². The van der Waals surface area contributed by atoms with Crippen molar-refractivity contribution in [1.82, 2.24) is 4.90 Å². The molecule has 29 heavy (non-hydrogen) atoms. The van der Waals surface area contributed by atoms with Gasteiger partial charge in [-0.15, -0.1) is 0 Å². The maximum Gasteiger partial charge on any atom is 0.232 e. The number of benzene rings is 2. The molecule has 1 fully saturated rings.